The summed E-state index contributed by atoms with van der Waals surface area (Å²) in [6.45, 7) is 2.25. The van der Waals surface area contributed by atoms with E-state index in [1.807, 2.05) is 18.2 Å². The van der Waals surface area contributed by atoms with E-state index >= 15 is 0 Å². The third kappa shape index (κ3) is 6.45. The van der Waals surface area contributed by atoms with E-state index < -0.39 is 0 Å². The molecule has 0 aromatic carbocycles. The number of carbonyl (C=O) groups excluding carboxylic acids is 1. The highest BCUT2D eigenvalue weighted by molar-refractivity contribution is 5.94. The highest BCUT2D eigenvalue weighted by atomic mass is 16.1. The lowest BCUT2D eigenvalue weighted by atomic mass is 9.93. The van der Waals surface area contributed by atoms with Crippen LogP contribution in [0.5, 0.6) is 0 Å². The maximum absolute atomic E-state index is 11.5. The Morgan fingerprint density at radius 3 is 2.24 bits per heavy atom. The number of unbranched alkanes of at least 4 members (excludes halogenated alkanes) is 7. The summed E-state index contributed by atoms with van der Waals surface area (Å²) in [5.74, 6) is 0.454. The summed E-state index contributed by atoms with van der Waals surface area (Å²) in [6.07, 6.45) is 19.3. The van der Waals surface area contributed by atoms with Gasteiger partial charge < -0.3 is 0 Å². The number of allylic oxidation sites excluding steroid dienone is 4. The fraction of sp³-hybridized carbons (Fsp3) is 0.688. The van der Waals surface area contributed by atoms with Crippen LogP contribution in [0, 0.1) is 5.92 Å². The molecule has 0 fully saturated rings. The van der Waals surface area contributed by atoms with Crippen molar-refractivity contribution in [2.75, 3.05) is 0 Å². The molecule has 0 radical (unpaired) electrons. The average molecular weight is 234 g/mol. The van der Waals surface area contributed by atoms with Crippen LogP contribution in [0.25, 0.3) is 0 Å². The first-order valence-electron chi connectivity index (χ1n) is 7.23. The molecule has 1 unspecified atom stereocenters. The second kappa shape index (κ2) is 9.21. The summed E-state index contributed by atoms with van der Waals surface area (Å²) in [5.41, 5.74) is 0. The molecule has 1 aliphatic carbocycles. The van der Waals surface area contributed by atoms with Crippen LogP contribution in [0.2, 0.25) is 0 Å². The van der Waals surface area contributed by atoms with Crippen molar-refractivity contribution in [1.82, 2.24) is 0 Å². The van der Waals surface area contributed by atoms with E-state index in [0.29, 0.717) is 0 Å². The van der Waals surface area contributed by atoms with Crippen LogP contribution in [0.15, 0.2) is 24.3 Å². The Labute approximate surface area is 106 Å². The lowest BCUT2D eigenvalue weighted by Gasteiger charge is -2.11. The topological polar surface area (TPSA) is 17.1 Å². The Morgan fingerprint density at radius 1 is 0.941 bits per heavy atom. The number of ketones is 1. The van der Waals surface area contributed by atoms with Crippen molar-refractivity contribution in [3.05, 3.63) is 24.3 Å². The van der Waals surface area contributed by atoms with Gasteiger partial charge >= 0.3 is 0 Å². The molecule has 0 spiro atoms. The predicted octanol–water partition coefficient (Wildman–Crippen LogP) is 4.83. The van der Waals surface area contributed by atoms with Gasteiger partial charge in [-0.2, -0.15) is 0 Å². The summed E-state index contributed by atoms with van der Waals surface area (Å²) in [6, 6.07) is 0. The van der Waals surface area contributed by atoms with Crippen molar-refractivity contribution >= 4 is 5.78 Å². The molecule has 0 heterocycles. The molecule has 1 heteroatoms. The van der Waals surface area contributed by atoms with Crippen LogP contribution in [0.3, 0.4) is 0 Å². The highest BCUT2D eigenvalue weighted by Crippen LogP contribution is 2.17. The maximum Gasteiger partial charge on any atom is 0.162 e. The third-order valence-electron chi connectivity index (χ3n) is 3.45. The minimum Gasteiger partial charge on any atom is -0.294 e. The largest absolute Gasteiger partial charge is 0.294 e. The zero-order valence-corrected chi connectivity index (χ0v) is 11.2. The highest BCUT2D eigenvalue weighted by Gasteiger charge is 2.13. The molecule has 0 saturated carbocycles. The first-order valence-corrected chi connectivity index (χ1v) is 7.23. The number of hydrogen-bond donors (Lipinski definition) is 0. The molecule has 1 atom stereocenters. The Balaban J connectivity index is 1.92. The SMILES string of the molecule is CCCCCCCCCCC1C=CC=CC1=O. The quantitative estimate of drug-likeness (QED) is 0.522. The molecule has 96 valence electrons. The Morgan fingerprint density at radius 2 is 1.59 bits per heavy atom. The molecular weight excluding hydrogens is 208 g/mol. The van der Waals surface area contributed by atoms with Crippen LogP contribution < -0.4 is 0 Å². The smallest absolute Gasteiger partial charge is 0.162 e. The Bertz CT molecular complexity index is 263. The van der Waals surface area contributed by atoms with Gasteiger partial charge in [0, 0.05) is 5.92 Å². The maximum atomic E-state index is 11.5. The van der Waals surface area contributed by atoms with Gasteiger partial charge in [0.25, 0.3) is 0 Å². The molecule has 0 N–H and O–H groups in total. The van der Waals surface area contributed by atoms with Crippen molar-refractivity contribution in [3.8, 4) is 0 Å². The van der Waals surface area contributed by atoms with E-state index in [1.54, 1.807) is 6.08 Å². The standard InChI is InChI=1S/C16H26O/c1-2-3-4-5-6-7-8-9-12-15-13-10-11-14-16(15)17/h10-11,13-15H,2-9,12H2,1H3. The van der Waals surface area contributed by atoms with Gasteiger partial charge in [-0.1, -0.05) is 76.5 Å². The third-order valence-corrected chi connectivity index (χ3v) is 3.45. The predicted molar refractivity (Wildman–Crippen MR) is 74.0 cm³/mol. The first kappa shape index (κ1) is 14.2. The zero-order valence-electron chi connectivity index (χ0n) is 11.2. The lowest BCUT2D eigenvalue weighted by Crippen LogP contribution is -2.11. The Hall–Kier alpha value is -0.850. The molecule has 0 aliphatic heterocycles. The Kier molecular flexibility index (Phi) is 7.70. The van der Waals surface area contributed by atoms with Crippen LogP contribution in [-0.2, 0) is 4.79 Å². The van der Waals surface area contributed by atoms with Crippen molar-refractivity contribution in [1.29, 1.82) is 0 Å². The number of rotatable bonds is 9. The van der Waals surface area contributed by atoms with Gasteiger partial charge in [0.15, 0.2) is 5.78 Å². The minimum atomic E-state index is 0.167. The van der Waals surface area contributed by atoms with Crippen LogP contribution in [-0.4, -0.2) is 5.78 Å². The molecule has 0 saturated heterocycles. The van der Waals surface area contributed by atoms with Crippen LogP contribution in [0.1, 0.15) is 64.7 Å². The molecule has 0 aromatic heterocycles. The monoisotopic (exact) mass is 234 g/mol. The summed E-state index contributed by atoms with van der Waals surface area (Å²) < 4.78 is 0. The van der Waals surface area contributed by atoms with Gasteiger partial charge in [0.2, 0.25) is 0 Å². The van der Waals surface area contributed by atoms with Gasteiger partial charge in [-0.05, 0) is 12.5 Å². The van der Waals surface area contributed by atoms with Crippen molar-refractivity contribution in [3.63, 3.8) is 0 Å². The normalized spacial score (nSPS) is 18.9. The van der Waals surface area contributed by atoms with Gasteiger partial charge in [-0.25, -0.2) is 0 Å². The van der Waals surface area contributed by atoms with Gasteiger partial charge in [0.1, 0.15) is 0 Å². The fourth-order valence-electron chi connectivity index (χ4n) is 2.30. The first-order chi connectivity index (χ1) is 8.34. The van der Waals surface area contributed by atoms with E-state index in [1.165, 1.54) is 51.4 Å². The summed E-state index contributed by atoms with van der Waals surface area (Å²) >= 11 is 0. The van der Waals surface area contributed by atoms with E-state index in [4.69, 9.17) is 0 Å². The van der Waals surface area contributed by atoms with Gasteiger partial charge in [-0.15, -0.1) is 0 Å². The summed E-state index contributed by atoms with van der Waals surface area (Å²) in [5, 5.41) is 0. The molecular formula is C16H26O. The summed E-state index contributed by atoms with van der Waals surface area (Å²) in [7, 11) is 0. The summed E-state index contributed by atoms with van der Waals surface area (Å²) in [4.78, 5) is 11.5. The molecule has 1 rings (SSSR count). The molecule has 1 aliphatic rings. The molecule has 0 amide bonds. The van der Waals surface area contributed by atoms with Crippen molar-refractivity contribution < 1.29 is 4.79 Å². The van der Waals surface area contributed by atoms with Crippen molar-refractivity contribution in [2.24, 2.45) is 5.92 Å². The number of hydrogen-bond acceptors (Lipinski definition) is 1. The van der Waals surface area contributed by atoms with Crippen LogP contribution >= 0.6 is 0 Å². The van der Waals surface area contributed by atoms with E-state index in [-0.39, 0.29) is 11.7 Å². The lowest BCUT2D eigenvalue weighted by molar-refractivity contribution is -0.117. The molecule has 0 bridgehead atoms. The molecule has 1 nitrogen and oxygen atoms in total. The molecule has 0 aromatic rings. The second-order valence-electron chi connectivity index (χ2n) is 5.02. The van der Waals surface area contributed by atoms with E-state index in [9.17, 15) is 4.79 Å². The second-order valence-corrected chi connectivity index (χ2v) is 5.02. The van der Waals surface area contributed by atoms with Gasteiger partial charge in [0.05, 0.1) is 0 Å². The van der Waals surface area contributed by atoms with Gasteiger partial charge in [-0.3, -0.25) is 4.79 Å². The minimum absolute atomic E-state index is 0.167. The van der Waals surface area contributed by atoms with E-state index in [0.717, 1.165) is 6.42 Å². The van der Waals surface area contributed by atoms with E-state index in [2.05, 4.69) is 6.92 Å². The molecule has 17 heavy (non-hydrogen) atoms. The number of carbonyl (C=O) groups is 1. The fourth-order valence-corrected chi connectivity index (χ4v) is 2.30. The zero-order chi connectivity index (χ0) is 12.3. The van der Waals surface area contributed by atoms with Crippen molar-refractivity contribution in [2.45, 2.75) is 64.7 Å². The average Bonchev–Trinajstić information content (AvgIpc) is 2.35. The van der Waals surface area contributed by atoms with Crippen LogP contribution in [0.4, 0.5) is 0 Å².